The van der Waals surface area contributed by atoms with Crippen LogP contribution in [0.15, 0.2) is 22.2 Å². The van der Waals surface area contributed by atoms with Gasteiger partial charge < -0.3 is 16.3 Å². The molecule has 0 amide bonds. The fraction of sp³-hybridized carbons (Fsp3) is 0.333. The highest BCUT2D eigenvalue weighted by molar-refractivity contribution is 7.84. The van der Waals surface area contributed by atoms with E-state index in [9.17, 15) is 21.6 Å². The molecule has 0 spiro atoms. The molecule has 0 radical (unpaired) electrons. The lowest BCUT2D eigenvalue weighted by Crippen LogP contribution is -2.16. The SMILES string of the molecule is CS(=O)CCNc1c(S(C)=O)c(/C(N)=N\O)nn1-c1c(Cl)cc(C(F)(F)F)cc1Cl. The third kappa shape index (κ3) is 5.25. The van der Waals surface area contributed by atoms with Gasteiger partial charge in [-0.3, -0.25) is 8.42 Å². The monoisotopic (exact) mass is 505 g/mol. The second-order valence-electron chi connectivity index (χ2n) is 5.87. The normalized spacial score (nSPS) is 14.6. The lowest BCUT2D eigenvalue weighted by Gasteiger charge is -2.15. The van der Waals surface area contributed by atoms with Crippen LogP contribution in [0.3, 0.4) is 0 Å². The molecule has 0 bridgehead atoms. The minimum absolute atomic E-state index is 0.000725. The average molecular weight is 506 g/mol. The molecule has 0 fully saturated rings. The van der Waals surface area contributed by atoms with Crippen molar-refractivity contribution in [1.29, 1.82) is 0 Å². The molecule has 8 nitrogen and oxygen atoms in total. The Labute approximate surface area is 184 Å². The summed E-state index contributed by atoms with van der Waals surface area (Å²) in [7, 11) is -2.90. The summed E-state index contributed by atoms with van der Waals surface area (Å²) in [6.45, 7) is 0.129. The summed E-state index contributed by atoms with van der Waals surface area (Å²) < 4.78 is 63.9. The van der Waals surface area contributed by atoms with Crippen LogP contribution < -0.4 is 11.1 Å². The third-order valence-electron chi connectivity index (χ3n) is 3.72. The number of amidine groups is 1. The summed E-state index contributed by atoms with van der Waals surface area (Å²) in [6.07, 6.45) is -1.91. The highest BCUT2D eigenvalue weighted by Gasteiger charge is 2.33. The largest absolute Gasteiger partial charge is 0.416 e. The Bertz CT molecular complexity index is 1020. The molecule has 0 aliphatic carbocycles. The number of rotatable bonds is 7. The van der Waals surface area contributed by atoms with Crippen molar-refractivity contribution in [3.8, 4) is 5.69 Å². The topological polar surface area (TPSA) is 123 Å². The smallest absolute Gasteiger partial charge is 0.409 e. The molecule has 166 valence electrons. The van der Waals surface area contributed by atoms with E-state index in [0.29, 0.717) is 12.1 Å². The van der Waals surface area contributed by atoms with E-state index < -0.39 is 39.2 Å². The van der Waals surface area contributed by atoms with Crippen LogP contribution >= 0.6 is 23.2 Å². The van der Waals surface area contributed by atoms with Crippen LogP contribution in [-0.4, -0.2) is 54.1 Å². The number of alkyl halides is 3. The molecule has 15 heteroatoms. The Morgan fingerprint density at radius 1 is 1.30 bits per heavy atom. The number of anilines is 1. The van der Waals surface area contributed by atoms with Crippen LogP contribution in [0.1, 0.15) is 11.3 Å². The van der Waals surface area contributed by atoms with Gasteiger partial charge in [0.1, 0.15) is 22.1 Å². The molecule has 0 saturated heterocycles. The maximum atomic E-state index is 13.0. The van der Waals surface area contributed by atoms with Gasteiger partial charge in [-0.15, -0.1) is 0 Å². The van der Waals surface area contributed by atoms with E-state index in [1.165, 1.54) is 12.5 Å². The Hall–Kier alpha value is -1.83. The molecule has 4 N–H and O–H groups in total. The van der Waals surface area contributed by atoms with E-state index in [4.69, 9.17) is 34.1 Å². The molecule has 0 aliphatic heterocycles. The number of aromatic nitrogens is 2. The van der Waals surface area contributed by atoms with E-state index in [0.717, 1.165) is 4.68 Å². The molecular formula is C15H16Cl2F3N5O3S2. The van der Waals surface area contributed by atoms with Gasteiger partial charge in [-0.25, -0.2) is 4.68 Å². The molecule has 2 aromatic rings. The Balaban J connectivity index is 2.78. The fourth-order valence-corrected chi connectivity index (χ4v) is 4.34. The van der Waals surface area contributed by atoms with Crippen molar-refractivity contribution in [2.24, 2.45) is 10.9 Å². The van der Waals surface area contributed by atoms with Gasteiger partial charge in [-0.2, -0.15) is 18.3 Å². The van der Waals surface area contributed by atoms with Crippen molar-refractivity contribution in [3.05, 3.63) is 33.4 Å². The molecule has 0 saturated carbocycles. The van der Waals surface area contributed by atoms with E-state index in [1.54, 1.807) is 0 Å². The number of nitrogens with zero attached hydrogens (tertiary/aromatic N) is 3. The van der Waals surface area contributed by atoms with Crippen LogP contribution in [0.5, 0.6) is 0 Å². The van der Waals surface area contributed by atoms with Crippen LogP contribution in [0, 0.1) is 0 Å². The molecule has 2 unspecified atom stereocenters. The van der Waals surface area contributed by atoms with Gasteiger partial charge in [-0.1, -0.05) is 28.4 Å². The average Bonchev–Trinajstić information content (AvgIpc) is 2.98. The van der Waals surface area contributed by atoms with Crippen molar-refractivity contribution < 1.29 is 26.8 Å². The van der Waals surface area contributed by atoms with E-state index in [-0.39, 0.29) is 44.4 Å². The molecule has 2 rings (SSSR count). The van der Waals surface area contributed by atoms with Gasteiger partial charge in [0.05, 0.1) is 26.4 Å². The van der Waals surface area contributed by atoms with Crippen LogP contribution in [-0.2, 0) is 27.8 Å². The first-order valence-corrected chi connectivity index (χ1v) is 12.0. The van der Waals surface area contributed by atoms with Crippen molar-refractivity contribution in [1.82, 2.24) is 9.78 Å². The molecule has 1 heterocycles. The second kappa shape index (κ2) is 9.54. The summed E-state index contributed by atoms with van der Waals surface area (Å²) in [6, 6.07) is 1.34. The Kier molecular flexibility index (Phi) is 7.77. The maximum absolute atomic E-state index is 13.0. The quantitative estimate of drug-likeness (QED) is 0.230. The number of nitrogens with one attached hydrogen (secondary N) is 1. The first-order valence-electron chi connectivity index (χ1n) is 7.93. The standard InChI is InChI=1S/C15H16Cl2F3N5O3S2/c1-29(27)4-3-22-14-12(30(2)28)10(13(21)24-26)23-25(14)11-8(16)5-7(6-9(11)17)15(18,19)20/h5-6,22,26H,3-4H2,1-2H3,(H2,21,24). The fourth-order valence-electron chi connectivity index (χ4n) is 2.45. The van der Waals surface area contributed by atoms with Crippen molar-refractivity contribution >= 4 is 56.5 Å². The lowest BCUT2D eigenvalue weighted by molar-refractivity contribution is -0.137. The summed E-state index contributed by atoms with van der Waals surface area (Å²) in [5, 5.41) is 18.1. The van der Waals surface area contributed by atoms with Gasteiger partial charge in [0.25, 0.3) is 0 Å². The third-order valence-corrected chi connectivity index (χ3v) is 6.03. The van der Waals surface area contributed by atoms with Crippen LogP contribution in [0.4, 0.5) is 19.0 Å². The number of nitrogens with two attached hydrogens (primary N) is 1. The van der Waals surface area contributed by atoms with E-state index in [2.05, 4.69) is 15.6 Å². The molecular weight excluding hydrogens is 490 g/mol. The number of hydrogen-bond acceptors (Lipinski definition) is 6. The zero-order valence-electron chi connectivity index (χ0n) is 15.5. The Morgan fingerprint density at radius 2 is 1.87 bits per heavy atom. The zero-order chi connectivity index (χ0) is 22.8. The summed E-state index contributed by atoms with van der Waals surface area (Å²) >= 11 is 12.2. The van der Waals surface area contributed by atoms with Crippen LogP contribution in [0.2, 0.25) is 10.0 Å². The number of halogens is 5. The summed E-state index contributed by atoms with van der Waals surface area (Å²) in [4.78, 5) is -0.000725. The number of oxime groups is 1. The maximum Gasteiger partial charge on any atom is 0.416 e. The number of hydrogen-bond donors (Lipinski definition) is 3. The zero-order valence-corrected chi connectivity index (χ0v) is 18.6. The first kappa shape index (κ1) is 24.4. The van der Waals surface area contributed by atoms with Gasteiger partial charge in [0.15, 0.2) is 5.84 Å². The molecule has 30 heavy (non-hydrogen) atoms. The molecule has 1 aromatic carbocycles. The van der Waals surface area contributed by atoms with Gasteiger partial charge >= 0.3 is 6.18 Å². The van der Waals surface area contributed by atoms with E-state index in [1.807, 2.05) is 0 Å². The summed E-state index contributed by atoms with van der Waals surface area (Å²) in [5.41, 5.74) is 4.22. The van der Waals surface area contributed by atoms with Gasteiger partial charge in [0.2, 0.25) is 0 Å². The van der Waals surface area contributed by atoms with Crippen LogP contribution in [0.25, 0.3) is 5.69 Å². The van der Waals surface area contributed by atoms with Gasteiger partial charge in [-0.05, 0) is 12.1 Å². The predicted molar refractivity (Wildman–Crippen MR) is 111 cm³/mol. The molecule has 0 aliphatic rings. The van der Waals surface area contributed by atoms with E-state index >= 15 is 0 Å². The van der Waals surface area contributed by atoms with Crippen molar-refractivity contribution in [2.45, 2.75) is 11.1 Å². The number of benzene rings is 1. The second-order valence-corrected chi connectivity index (χ2v) is 9.55. The van der Waals surface area contributed by atoms with Crippen molar-refractivity contribution in [3.63, 3.8) is 0 Å². The minimum Gasteiger partial charge on any atom is -0.409 e. The lowest BCUT2D eigenvalue weighted by atomic mass is 10.2. The predicted octanol–water partition coefficient (Wildman–Crippen LogP) is 2.82. The minimum atomic E-state index is -4.68. The molecule has 2 atom stereocenters. The summed E-state index contributed by atoms with van der Waals surface area (Å²) in [5.74, 6) is -0.249. The Morgan fingerprint density at radius 3 is 2.30 bits per heavy atom. The first-order chi connectivity index (χ1) is 13.9. The molecule has 1 aromatic heterocycles. The van der Waals surface area contributed by atoms with Gasteiger partial charge in [0, 0.05) is 35.6 Å². The van der Waals surface area contributed by atoms with Crippen molar-refractivity contribution in [2.75, 3.05) is 30.1 Å². The highest BCUT2D eigenvalue weighted by atomic mass is 35.5. The highest BCUT2D eigenvalue weighted by Crippen LogP contribution is 2.39.